The van der Waals surface area contributed by atoms with Crippen molar-refractivity contribution in [3.8, 4) is 0 Å². The number of halogens is 1. The van der Waals surface area contributed by atoms with Crippen molar-refractivity contribution in [2.75, 3.05) is 13.1 Å². The number of benzene rings is 1. The highest BCUT2D eigenvalue weighted by Gasteiger charge is 2.30. The summed E-state index contributed by atoms with van der Waals surface area (Å²) in [6, 6.07) is 10.2. The van der Waals surface area contributed by atoms with E-state index in [1.807, 2.05) is 30.0 Å². The molecule has 0 saturated carbocycles. The quantitative estimate of drug-likeness (QED) is 0.762. The van der Waals surface area contributed by atoms with E-state index >= 15 is 0 Å². The molecular weight excluding hydrogens is 350 g/mol. The van der Waals surface area contributed by atoms with E-state index in [0.29, 0.717) is 25.9 Å². The molecule has 0 aliphatic carbocycles. The lowest BCUT2D eigenvalue weighted by Gasteiger charge is -2.34. The number of aryl methyl sites for hydroxylation is 1. The summed E-state index contributed by atoms with van der Waals surface area (Å²) in [4.78, 5) is 26.6. The zero-order valence-electron chi connectivity index (χ0n) is 15.9. The minimum Gasteiger partial charge on any atom is -0.352 e. The highest BCUT2D eigenvalue weighted by Crippen LogP contribution is 2.15. The van der Waals surface area contributed by atoms with Gasteiger partial charge in [-0.3, -0.25) is 9.59 Å². The molecule has 6 heteroatoms. The number of amides is 2. The molecular formula is C20H32ClN3O2. The molecule has 2 rings (SSSR count). The number of likely N-dealkylation sites (tertiary alicyclic amines) is 1. The smallest absolute Gasteiger partial charge is 0.240 e. The lowest BCUT2D eigenvalue weighted by atomic mass is 9.95. The fourth-order valence-corrected chi connectivity index (χ4v) is 3.31. The fourth-order valence-electron chi connectivity index (χ4n) is 3.31. The van der Waals surface area contributed by atoms with Crippen molar-refractivity contribution in [2.45, 2.75) is 64.0 Å². The van der Waals surface area contributed by atoms with Crippen LogP contribution >= 0.6 is 12.4 Å². The van der Waals surface area contributed by atoms with Gasteiger partial charge in [-0.1, -0.05) is 43.7 Å². The Labute approximate surface area is 163 Å². The molecule has 0 radical (unpaired) electrons. The van der Waals surface area contributed by atoms with Gasteiger partial charge in [0.15, 0.2) is 0 Å². The molecule has 1 unspecified atom stereocenters. The molecule has 0 spiro atoms. The van der Waals surface area contributed by atoms with Gasteiger partial charge in [0, 0.05) is 25.6 Å². The van der Waals surface area contributed by atoms with Gasteiger partial charge in [-0.15, -0.1) is 12.4 Å². The van der Waals surface area contributed by atoms with Crippen molar-refractivity contribution in [3.63, 3.8) is 0 Å². The number of carbonyl (C=O) groups is 2. The topological polar surface area (TPSA) is 75.4 Å². The molecule has 1 heterocycles. The first-order valence-electron chi connectivity index (χ1n) is 9.34. The van der Waals surface area contributed by atoms with Crippen LogP contribution in [0.15, 0.2) is 30.3 Å². The molecule has 1 aromatic rings. The lowest BCUT2D eigenvalue weighted by molar-refractivity contribution is -0.132. The Morgan fingerprint density at radius 3 is 2.42 bits per heavy atom. The average molecular weight is 382 g/mol. The third kappa shape index (κ3) is 6.61. The predicted molar refractivity (Wildman–Crippen MR) is 107 cm³/mol. The number of nitrogens with zero attached hydrogens (tertiary/aromatic N) is 1. The number of hydrogen-bond donors (Lipinski definition) is 2. The Balaban J connectivity index is 0.00000338. The van der Waals surface area contributed by atoms with Crippen LogP contribution in [0.3, 0.4) is 0 Å². The maximum Gasteiger partial charge on any atom is 0.240 e. The molecule has 5 nitrogen and oxygen atoms in total. The van der Waals surface area contributed by atoms with Gasteiger partial charge in [-0.2, -0.15) is 0 Å². The van der Waals surface area contributed by atoms with Crippen LogP contribution in [0, 0.1) is 0 Å². The number of nitrogens with one attached hydrogen (secondary N) is 1. The second-order valence-electron chi connectivity index (χ2n) is 7.28. The summed E-state index contributed by atoms with van der Waals surface area (Å²) in [7, 11) is 0. The standard InChI is InChI=1S/C20H31N3O2.ClH/c1-3-13-20(2,21)19(25)22-17-11-14-23(15-12-17)18(24)10-9-16-7-5-4-6-8-16;/h4-8,17H,3,9-15,21H2,1-2H3,(H,22,25);1H. The van der Waals surface area contributed by atoms with Gasteiger partial charge in [-0.25, -0.2) is 0 Å². The summed E-state index contributed by atoms with van der Waals surface area (Å²) in [5.74, 6) is 0.117. The van der Waals surface area contributed by atoms with Gasteiger partial charge in [0.1, 0.15) is 0 Å². The fraction of sp³-hybridized carbons (Fsp3) is 0.600. The van der Waals surface area contributed by atoms with Crippen LogP contribution in [-0.4, -0.2) is 41.4 Å². The normalized spacial score (nSPS) is 17.1. The highest BCUT2D eigenvalue weighted by atomic mass is 35.5. The summed E-state index contributed by atoms with van der Waals surface area (Å²) >= 11 is 0. The van der Waals surface area contributed by atoms with Crippen molar-refractivity contribution >= 4 is 24.2 Å². The number of nitrogens with two attached hydrogens (primary N) is 1. The van der Waals surface area contributed by atoms with E-state index < -0.39 is 5.54 Å². The zero-order chi connectivity index (χ0) is 18.3. The molecule has 3 N–H and O–H groups in total. The predicted octanol–water partition coefficient (Wildman–Crippen LogP) is 2.67. The number of piperidine rings is 1. The van der Waals surface area contributed by atoms with E-state index in [1.54, 1.807) is 6.92 Å². The van der Waals surface area contributed by atoms with Crippen LogP contribution in [0.1, 0.15) is 51.5 Å². The monoisotopic (exact) mass is 381 g/mol. The van der Waals surface area contributed by atoms with Crippen molar-refractivity contribution in [3.05, 3.63) is 35.9 Å². The Kier molecular flexibility index (Phi) is 9.09. The zero-order valence-corrected chi connectivity index (χ0v) is 16.7. The van der Waals surface area contributed by atoms with Crippen molar-refractivity contribution in [1.82, 2.24) is 10.2 Å². The van der Waals surface area contributed by atoms with E-state index in [1.165, 1.54) is 5.56 Å². The Morgan fingerprint density at radius 2 is 1.85 bits per heavy atom. The van der Waals surface area contributed by atoms with E-state index in [4.69, 9.17) is 5.73 Å². The Hall–Kier alpha value is -1.59. The Morgan fingerprint density at radius 1 is 1.23 bits per heavy atom. The van der Waals surface area contributed by atoms with Gasteiger partial charge in [-0.05, 0) is 38.2 Å². The van der Waals surface area contributed by atoms with Crippen molar-refractivity contribution < 1.29 is 9.59 Å². The molecule has 1 fully saturated rings. The highest BCUT2D eigenvalue weighted by molar-refractivity contribution is 5.86. The van der Waals surface area contributed by atoms with Crippen molar-refractivity contribution in [2.24, 2.45) is 5.73 Å². The summed E-state index contributed by atoms with van der Waals surface area (Å²) in [6.45, 7) is 5.22. The van der Waals surface area contributed by atoms with Gasteiger partial charge in [0.25, 0.3) is 0 Å². The molecule has 0 bridgehead atoms. The molecule has 1 atom stereocenters. The SMILES string of the molecule is CCCC(C)(N)C(=O)NC1CCN(C(=O)CCc2ccccc2)CC1.Cl. The van der Waals surface area contributed by atoms with E-state index in [0.717, 1.165) is 25.7 Å². The van der Waals surface area contributed by atoms with E-state index in [2.05, 4.69) is 17.4 Å². The van der Waals surface area contributed by atoms with Crippen LogP contribution in [0.5, 0.6) is 0 Å². The van der Waals surface area contributed by atoms with Crippen LogP contribution < -0.4 is 11.1 Å². The van der Waals surface area contributed by atoms with Gasteiger partial charge < -0.3 is 16.0 Å². The third-order valence-electron chi connectivity index (χ3n) is 4.94. The van der Waals surface area contributed by atoms with Crippen molar-refractivity contribution in [1.29, 1.82) is 0 Å². The van der Waals surface area contributed by atoms with Crippen LogP contribution in [0.4, 0.5) is 0 Å². The first kappa shape index (κ1) is 22.5. The molecule has 146 valence electrons. The first-order chi connectivity index (χ1) is 11.9. The van der Waals surface area contributed by atoms with Crippen LogP contribution in [0.2, 0.25) is 0 Å². The summed E-state index contributed by atoms with van der Waals surface area (Å²) in [6.07, 6.45) is 4.47. The maximum atomic E-state index is 12.4. The molecule has 1 aromatic carbocycles. The van der Waals surface area contributed by atoms with Gasteiger partial charge in [0.05, 0.1) is 5.54 Å². The Bertz CT molecular complexity index is 570. The molecule has 1 saturated heterocycles. The van der Waals surface area contributed by atoms with Gasteiger partial charge in [0.2, 0.25) is 11.8 Å². The van der Waals surface area contributed by atoms with E-state index in [-0.39, 0.29) is 30.3 Å². The minimum atomic E-state index is -0.808. The summed E-state index contributed by atoms with van der Waals surface area (Å²) in [5.41, 5.74) is 6.46. The van der Waals surface area contributed by atoms with Crippen LogP contribution in [-0.2, 0) is 16.0 Å². The second-order valence-corrected chi connectivity index (χ2v) is 7.28. The largest absolute Gasteiger partial charge is 0.352 e. The molecule has 0 aromatic heterocycles. The summed E-state index contributed by atoms with van der Waals surface area (Å²) in [5, 5.41) is 3.06. The maximum absolute atomic E-state index is 12.4. The molecule has 2 amide bonds. The second kappa shape index (κ2) is 10.5. The molecule has 1 aliphatic heterocycles. The van der Waals surface area contributed by atoms with E-state index in [9.17, 15) is 9.59 Å². The molecule has 1 aliphatic rings. The van der Waals surface area contributed by atoms with Gasteiger partial charge >= 0.3 is 0 Å². The van der Waals surface area contributed by atoms with Crippen LogP contribution in [0.25, 0.3) is 0 Å². The number of rotatable bonds is 7. The summed E-state index contributed by atoms with van der Waals surface area (Å²) < 4.78 is 0. The first-order valence-corrected chi connectivity index (χ1v) is 9.34. The number of carbonyl (C=O) groups excluding carboxylic acids is 2. The minimum absolute atomic E-state index is 0. The molecule has 26 heavy (non-hydrogen) atoms. The number of hydrogen-bond acceptors (Lipinski definition) is 3. The average Bonchev–Trinajstić information content (AvgIpc) is 2.61. The third-order valence-corrected chi connectivity index (χ3v) is 4.94. The lowest BCUT2D eigenvalue weighted by Crippen LogP contribution is -2.56.